The van der Waals surface area contributed by atoms with E-state index in [1.807, 2.05) is 15.8 Å². The van der Waals surface area contributed by atoms with Crippen LogP contribution in [0.2, 0.25) is 0 Å². The average molecular weight is 526 g/mol. The van der Waals surface area contributed by atoms with E-state index in [9.17, 15) is 17.2 Å². The zero-order valence-electron chi connectivity index (χ0n) is 20.6. The van der Waals surface area contributed by atoms with Crippen LogP contribution in [0.1, 0.15) is 37.4 Å². The number of rotatable bonds is 5. The monoisotopic (exact) mass is 525 g/mol. The van der Waals surface area contributed by atoms with E-state index in [4.69, 9.17) is 0 Å². The van der Waals surface area contributed by atoms with Crippen molar-refractivity contribution in [1.29, 1.82) is 0 Å². The smallest absolute Gasteiger partial charge is 0.244 e. The number of hydrogen-bond donors (Lipinski definition) is 0. The van der Waals surface area contributed by atoms with E-state index >= 15 is 0 Å². The predicted molar refractivity (Wildman–Crippen MR) is 137 cm³/mol. The van der Waals surface area contributed by atoms with Crippen LogP contribution in [0.4, 0.5) is 14.6 Å². The van der Waals surface area contributed by atoms with Crippen LogP contribution in [-0.4, -0.2) is 59.8 Å². The Labute approximate surface area is 215 Å². The van der Waals surface area contributed by atoms with Gasteiger partial charge in [0, 0.05) is 31.2 Å². The minimum atomic E-state index is -3.74. The molecule has 0 N–H and O–H groups in total. The molecule has 0 amide bonds. The number of piperidine rings is 1. The highest BCUT2D eigenvalue weighted by atomic mass is 32.2. The van der Waals surface area contributed by atoms with Crippen LogP contribution in [0, 0.1) is 11.2 Å². The highest BCUT2D eigenvalue weighted by Gasteiger charge is 2.45. The van der Waals surface area contributed by atoms with Crippen LogP contribution in [0.3, 0.4) is 0 Å². The third-order valence-electron chi connectivity index (χ3n) is 8.08. The second-order valence-electron chi connectivity index (χ2n) is 10.2. The summed E-state index contributed by atoms with van der Waals surface area (Å²) in [5.74, 6) is 0.307. The highest BCUT2D eigenvalue weighted by molar-refractivity contribution is 7.89. The van der Waals surface area contributed by atoms with Gasteiger partial charge in [-0.15, -0.1) is 0 Å². The third kappa shape index (κ3) is 4.16. The Balaban J connectivity index is 1.26. The van der Waals surface area contributed by atoms with Crippen molar-refractivity contribution in [2.24, 2.45) is 5.41 Å². The fourth-order valence-electron chi connectivity index (χ4n) is 5.88. The number of benzene rings is 1. The van der Waals surface area contributed by atoms with Crippen LogP contribution < -0.4 is 4.90 Å². The molecule has 4 heterocycles. The van der Waals surface area contributed by atoms with Crippen molar-refractivity contribution in [1.82, 2.24) is 19.1 Å². The van der Waals surface area contributed by atoms with Crippen molar-refractivity contribution in [3.05, 3.63) is 71.4 Å². The Morgan fingerprint density at radius 1 is 1.11 bits per heavy atom. The molecule has 0 unspecified atom stereocenters. The van der Waals surface area contributed by atoms with E-state index < -0.39 is 16.2 Å². The Morgan fingerprint density at radius 3 is 2.59 bits per heavy atom. The van der Waals surface area contributed by atoms with E-state index in [0.29, 0.717) is 51.3 Å². The van der Waals surface area contributed by atoms with Crippen LogP contribution >= 0.6 is 0 Å². The van der Waals surface area contributed by atoms with Gasteiger partial charge >= 0.3 is 0 Å². The van der Waals surface area contributed by atoms with Crippen LogP contribution in [0.25, 0.3) is 11.8 Å². The maximum atomic E-state index is 13.6. The van der Waals surface area contributed by atoms with Crippen molar-refractivity contribution in [2.75, 3.05) is 31.1 Å². The minimum absolute atomic E-state index is 0.159. The van der Waals surface area contributed by atoms with Gasteiger partial charge in [-0.05, 0) is 73.7 Å². The fraction of sp³-hybridized carbons (Fsp3) is 0.407. The molecule has 2 fully saturated rings. The number of hydrogen-bond acceptors (Lipinski definition) is 5. The van der Waals surface area contributed by atoms with Crippen LogP contribution in [0.15, 0.2) is 59.3 Å². The number of halogens is 2. The van der Waals surface area contributed by atoms with Crippen molar-refractivity contribution >= 4 is 21.9 Å². The molecule has 6 rings (SSSR count). The maximum Gasteiger partial charge on any atom is 0.244 e. The molecule has 3 aromatic rings. The topological polar surface area (TPSA) is 71.3 Å². The first-order valence-electron chi connectivity index (χ1n) is 12.7. The van der Waals surface area contributed by atoms with Gasteiger partial charge in [-0.3, -0.25) is 0 Å². The Bertz CT molecular complexity index is 1450. The highest BCUT2D eigenvalue weighted by Crippen LogP contribution is 2.47. The van der Waals surface area contributed by atoms with Crippen molar-refractivity contribution in [3.8, 4) is 5.69 Å². The first-order valence-corrected chi connectivity index (χ1v) is 14.1. The van der Waals surface area contributed by atoms with Gasteiger partial charge in [-0.25, -0.2) is 26.9 Å². The van der Waals surface area contributed by atoms with Crippen LogP contribution in [-0.2, 0) is 16.4 Å². The van der Waals surface area contributed by atoms with E-state index in [1.54, 1.807) is 28.6 Å². The molecule has 0 bridgehead atoms. The Morgan fingerprint density at radius 2 is 1.92 bits per heavy atom. The molecule has 0 radical (unpaired) electrons. The minimum Gasteiger partial charge on any atom is -0.354 e. The van der Waals surface area contributed by atoms with E-state index in [-0.39, 0.29) is 16.1 Å². The number of nitrogens with zero attached hydrogens (tertiary/aromatic N) is 5. The molecule has 37 heavy (non-hydrogen) atoms. The van der Waals surface area contributed by atoms with Crippen molar-refractivity contribution < 1.29 is 17.2 Å². The lowest BCUT2D eigenvalue weighted by atomic mass is 9.67. The number of anilines is 1. The number of sulfonamides is 1. The molecule has 10 heteroatoms. The molecule has 2 atom stereocenters. The summed E-state index contributed by atoms with van der Waals surface area (Å²) in [5, 5.41) is 4.56. The second-order valence-corrected chi connectivity index (χ2v) is 12.1. The van der Waals surface area contributed by atoms with Gasteiger partial charge in [0.15, 0.2) is 0 Å². The number of fused-ring (bicyclic) bond motifs is 2. The molecule has 2 saturated heterocycles. The quantitative estimate of drug-likeness (QED) is 0.494. The molecule has 1 aromatic carbocycles. The lowest BCUT2D eigenvalue weighted by Gasteiger charge is -2.45. The zero-order chi connectivity index (χ0) is 25.8. The molecule has 1 aliphatic carbocycles. The molecule has 3 aliphatic rings. The predicted octanol–water partition coefficient (Wildman–Crippen LogP) is 4.39. The molecule has 2 aromatic heterocycles. The molecule has 7 nitrogen and oxygen atoms in total. The SMILES string of the molecule is CC[C@]12Cc3cnn(-c4ccc(F)cc4)c3C=C1CCN(S(=O)(=O)c1ccc(N3CC[C@@H](F)C3)nc1)C2. The lowest BCUT2D eigenvalue weighted by Crippen LogP contribution is -2.49. The summed E-state index contributed by atoms with van der Waals surface area (Å²) < 4.78 is 57.6. The fourth-order valence-corrected chi connectivity index (χ4v) is 7.35. The number of aromatic nitrogens is 3. The summed E-state index contributed by atoms with van der Waals surface area (Å²) in [5.41, 5.74) is 3.72. The maximum absolute atomic E-state index is 13.6. The average Bonchev–Trinajstić information content (AvgIpc) is 3.53. The van der Waals surface area contributed by atoms with Gasteiger partial charge in [0.1, 0.15) is 22.7 Å². The zero-order valence-corrected chi connectivity index (χ0v) is 21.5. The third-order valence-corrected chi connectivity index (χ3v) is 9.91. The largest absolute Gasteiger partial charge is 0.354 e. The Hall–Kier alpha value is -3.11. The molecule has 2 aliphatic heterocycles. The molecular formula is C27H29F2N5O2S. The Kier molecular flexibility index (Phi) is 5.91. The van der Waals surface area contributed by atoms with Gasteiger partial charge in [-0.1, -0.05) is 12.5 Å². The van der Waals surface area contributed by atoms with Crippen molar-refractivity contribution in [2.45, 2.75) is 43.7 Å². The normalized spacial score (nSPS) is 24.0. The van der Waals surface area contributed by atoms with Gasteiger partial charge in [0.25, 0.3) is 0 Å². The van der Waals surface area contributed by atoms with Crippen LogP contribution in [0.5, 0.6) is 0 Å². The second kappa shape index (κ2) is 9.02. The van der Waals surface area contributed by atoms with E-state index in [1.165, 1.54) is 23.9 Å². The van der Waals surface area contributed by atoms with Gasteiger partial charge < -0.3 is 4.90 Å². The summed E-state index contributed by atoms with van der Waals surface area (Å²) in [6.07, 6.45) is 7.08. The lowest BCUT2D eigenvalue weighted by molar-refractivity contribution is 0.204. The van der Waals surface area contributed by atoms with Gasteiger partial charge in [0.05, 0.1) is 24.1 Å². The number of pyridine rings is 1. The molecule has 194 valence electrons. The molecule has 0 spiro atoms. The molecular weight excluding hydrogens is 496 g/mol. The first-order chi connectivity index (χ1) is 17.8. The van der Waals surface area contributed by atoms with Crippen molar-refractivity contribution in [3.63, 3.8) is 0 Å². The standard InChI is InChI=1S/C27H29F2N5O2S/c1-2-27-14-19-15-31-34(23-5-3-21(28)4-6-23)25(19)13-20(27)9-12-33(18-27)37(35,36)24-7-8-26(30-16-24)32-11-10-22(29)17-32/h3-8,13,15-16,22H,2,9-12,14,17-18H2,1H3/t22-,27-/m1/s1. The first kappa shape index (κ1) is 24.2. The van der Waals surface area contributed by atoms with E-state index in [2.05, 4.69) is 23.1 Å². The molecule has 0 saturated carbocycles. The summed E-state index contributed by atoms with van der Waals surface area (Å²) in [7, 11) is -3.74. The van der Waals surface area contributed by atoms with E-state index in [0.717, 1.165) is 23.4 Å². The summed E-state index contributed by atoms with van der Waals surface area (Å²) in [6.45, 7) is 3.74. The summed E-state index contributed by atoms with van der Waals surface area (Å²) >= 11 is 0. The van der Waals surface area contributed by atoms with Gasteiger partial charge in [0.2, 0.25) is 10.0 Å². The number of alkyl halides is 1. The van der Waals surface area contributed by atoms with Gasteiger partial charge in [-0.2, -0.15) is 9.40 Å². The summed E-state index contributed by atoms with van der Waals surface area (Å²) in [6, 6.07) is 9.51. The summed E-state index contributed by atoms with van der Waals surface area (Å²) in [4.78, 5) is 6.35.